The summed E-state index contributed by atoms with van der Waals surface area (Å²) >= 11 is 0. The minimum atomic E-state index is -1.81. The van der Waals surface area contributed by atoms with Crippen molar-refractivity contribution in [2.24, 2.45) is 0 Å². The number of phenols is 4. The van der Waals surface area contributed by atoms with E-state index in [-0.39, 0.29) is 41.3 Å². The zero-order valence-corrected chi connectivity index (χ0v) is 27.1. The summed E-state index contributed by atoms with van der Waals surface area (Å²) in [4.78, 5) is 24.5. The maximum atomic E-state index is 13.3. The molecule has 1 aliphatic rings. The monoisotopic (exact) mass is 700 g/mol. The van der Waals surface area contributed by atoms with E-state index >= 15 is 0 Å². The molecule has 0 saturated carbocycles. The highest BCUT2D eigenvalue weighted by molar-refractivity contribution is 5.89. The number of ether oxygens (including phenoxy) is 6. The lowest BCUT2D eigenvalue weighted by atomic mass is 9.99. The van der Waals surface area contributed by atoms with E-state index in [0.717, 1.165) is 13.0 Å². The molecule has 268 valence electrons. The van der Waals surface area contributed by atoms with E-state index in [9.17, 15) is 45.3 Å². The molecule has 16 nitrogen and oxygen atoms in total. The molecule has 5 unspecified atom stereocenters. The number of fused-ring (bicyclic) bond motifs is 1. The third-order valence-corrected chi connectivity index (χ3v) is 8.00. The summed E-state index contributed by atoms with van der Waals surface area (Å²) in [5.41, 5.74) is 0.0907. The van der Waals surface area contributed by atoms with Gasteiger partial charge in [-0.05, 0) is 37.1 Å². The average Bonchev–Trinajstić information content (AvgIpc) is 3.10. The van der Waals surface area contributed by atoms with Gasteiger partial charge in [-0.3, -0.25) is 9.59 Å². The van der Waals surface area contributed by atoms with Gasteiger partial charge in [0.1, 0.15) is 59.3 Å². The van der Waals surface area contributed by atoms with Crippen LogP contribution in [0.5, 0.6) is 46.0 Å². The molecule has 0 spiro atoms. The Morgan fingerprint density at radius 2 is 1.56 bits per heavy atom. The molecule has 0 amide bonds. The normalized spacial score (nSPS) is 20.3. The predicted molar refractivity (Wildman–Crippen MR) is 172 cm³/mol. The third kappa shape index (κ3) is 7.28. The smallest absolute Gasteiger partial charge is 0.302 e. The van der Waals surface area contributed by atoms with Crippen LogP contribution < -0.4 is 24.4 Å². The Morgan fingerprint density at radius 3 is 2.22 bits per heavy atom. The van der Waals surface area contributed by atoms with Crippen molar-refractivity contribution < 1.29 is 73.4 Å². The molecule has 1 fully saturated rings. The Hall–Kier alpha value is -5.42. The Morgan fingerprint density at radius 1 is 0.860 bits per heavy atom. The molecule has 2 heterocycles. The second-order valence-corrected chi connectivity index (χ2v) is 11.3. The highest BCUT2D eigenvalue weighted by atomic mass is 16.7. The number of aliphatic hydroxyl groups excluding tert-OH is 3. The van der Waals surface area contributed by atoms with E-state index in [2.05, 4.69) is 0 Å². The first-order valence-electron chi connectivity index (χ1n) is 15.3. The molecule has 1 aliphatic heterocycles. The van der Waals surface area contributed by atoms with E-state index in [1.54, 1.807) is 24.3 Å². The molecule has 1 saturated heterocycles. The number of esters is 1. The van der Waals surface area contributed by atoms with Crippen LogP contribution in [-0.2, 0) is 20.7 Å². The van der Waals surface area contributed by atoms with Gasteiger partial charge >= 0.3 is 5.97 Å². The van der Waals surface area contributed by atoms with Gasteiger partial charge in [-0.2, -0.15) is 0 Å². The van der Waals surface area contributed by atoms with Gasteiger partial charge in [-0.25, -0.2) is 0 Å². The molecule has 0 radical (unpaired) electrons. The highest BCUT2D eigenvalue weighted by Crippen LogP contribution is 2.45. The van der Waals surface area contributed by atoms with E-state index in [4.69, 9.17) is 32.8 Å². The average molecular weight is 701 g/mol. The van der Waals surface area contributed by atoms with Gasteiger partial charge in [0.15, 0.2) is 28.4 Å². The van der Waals surface area contributed by atoms with E-state index in [1.165, 1.54) is 26.4 Å². The van der Waals surface area contributed by atoms with Crippen molar-refractivity contribution in [3.63, 3.8) is 0 Å². The van der Waals surface area contributed by atoms with Gasteiger partial charge in [0, 0.05) is 36.2 Å². The van der Waals surface area contributed by atoms with Crippen LogP contribution in [0.2, 0.25) is 0 Å². The van der Waals surface area contributed by atoms with Crippen molar-refractivity contribution >= 4 is 16.9 Å². The number of aliphatic hydroxyl groups is 3. The van der Waals surface area contributed by atoms with Crippen LogP contribution in [0.3, 0.4) is 0 Å². The Labute approximate surface area is 283 Å². The largest absolute Gasteiger partial charge is 0.504 e. The summed E-state index contributed by atoms with van der Waals surface area (Å²) < 4.78 is 38.3. The molecular formula is C34H36O16. The second kappa shape index (κ2) is 15.0. The third-order valence-electron chi connectivity index (χ3n) is 8.00. The van der Waals surface area contributed by atoms with E-state index in [0.29, 0.717) is 23.3 Å². The summed E-state index contributed by atoms with van der Waals surface area (Å²) in [5, 5.41) is 71.7. The lowest BCUT2D eigenvalue weighted by Gasteiger charge is -2.40. The van der Waals surface area contributed by atoms with Crippen LogP contribution in [0.25, 0.3) is 22.3 Å². The molecule has 7 N–H and O–H groups in total. The van der Waals surface area contributed by atoms with E-state index < -0.39 is 77.5 Å². The summed E-state index contributed by atoms with van der Waals surface area (Å²) in [6, 6.07) is 10.2. The number of carbonyl (C=O) groups is 1. The van der Waals surface area contributed by atoms with Crippen molar-refractivity contribution in [1.82, 2.24) is 0 Å². The fraction of sp³-hybridized carbons (Fsp3) is 0.353. The van der Waals surface area contributed by atoms with Crippen molar-refractivity contribution in [3.8, 4) is 57.3 Å². The van der Waals surface area contributed by atoms with Crippen LogP contribution in [0.4, 0.5) is 0 Å². The van der Waals surface area contributed by atoms with Gasteiger partial charge in [-0.15, -0.1) is 0 Å². The fourth-order valence-electron chi connectivity index (χ4n) is 5.38. The maximum absolute atomic E-state index is 13.3. The van der Waals surface area contributed by atoms with Crippen LogP contribution >= 0.6 is 0 Å². The SMILES string of the molecule is COc1cc(O)c(O)c(O)c1CCCOc1ccc(-c2cc(=O)c3c(O)c(OC4OC(COC(C)=O)C(O)C(O)C4O)c(OC)cc3o2)cc1. The number of carbonyl (C=O) groups excluding carboxylic acids is 1. The van der Waals surface area contributed by atoms with Crippen LogP contribution in [0.1, 0.15) is 18.9 Å². The topological polar surface area (TPSA) is 244 Å². The molecular weight excluding hydrogens is 664 g/mol. The molecule has 0 aliphatic carbocycles. The number of methoxy groups -OCH3 is 2. The molecule has 16 heteroatoms. The van der Waals surface area contributed by atoms with Gasteiger partial charge in [0.25, 0.3) is 0 Å². The quantitative estimate of drug-likeness (QED) is 0.0635. The Balaban J connectivity index is 1.31. The maximum Gasteiger partial charge on any atom is 0.302 e. The number of hydrogen-bond donors (Lipinski definition) is 7. The van der Waals surface area contributed by atoms with Crippen molar-refractivity contribution in [1.29, 1.82) is 0 Å². The van der Waals surface area contributed by atoms with Crippen LogP contribution in [-0.4, -0.2) is 99.9 Å². The molecule has 4 aromatic rings. The summed E-state index contributed by atoms with van der Waals surface area (Å²) in [7, 11) is 2.63. The number of benzene rings is 3. The number of rotatable bonds is 12. The second-order valence-electron chi connectivity index (χ2n) is 11.3. The first-order valence-corrected chi connectivity index (χ1v) is 15.3. The molecule has 3 aromatic carbocycles. The highest BCUT2D eigenvalue weighted by Gasteiger charge is 2.46. The van der Waals surface area contributed by atoms with Gasteiger partial charge in [0.2, 0.25) is 17.8 Å². The Bertz CT molecular complexity index is 1900. The molecule has 0 bridgehead atoms. The number of aromatic hydroxyl groups is 4. The van der Waals surface area contributed by atoms with Gasteiger partial charge in [0.05, 0.1) is 20.8 Å². The molecule has 5 rings (SSSR count). The summed E-state index contributed by atoms with van der Waals surface area (Å²) in [6.45, 7) is 0.903. The first-order chi connectivity index (χ1) is 23.8. The molecule has 50 heavy (non-hydrogen) atoms. The Kier molecular flexibility index (Phi) is 10.8. The standard InChI is InChI=1S/C34H36O16/c1-15(35)47-14-25-29(40)31(42)32(43)34(49-25)50-33-24(45-3)13-23-26(30(33)41)19(36)11-21(48-23)16-6-8-17(9-7-16)46-10-4-5-18-22(44-2)12-20(37)28(39)27(18)38/h6-9,11-13,25,29,31-32,34,37-43H,4-5,10,14H2,1-3H3. The zero-order chi connectivity index (χ0) is 36.3. The number of hydrogen-bond acceptors (Lipinski definition) is 16. The number of phenolic OH excluding ortho intramolecular Hbond substituents is 4. The van der Waals surface area contributed by atoms with Crippen molar-refractivity contribution in [2.45, 2.75) is 50.5 Å². The predicted octanol–water partition coefficient (Wildman–Crippen LogP) is 2.06. The van der Waals surface area contributed by atoms with Crippen LogP contribution in [0, 0.1) is 0 Å². The van der Waals surface area contributed by atoms with Crippen molar-refractivity contribution in [2.75, 3.05) is 27.4 Å². The lowest BCUT2D eigenvalue weighted by Crippen LogP contribution is -2.60. The molecule has 1 aromatic heterocycles. The zero-order valence-electron chi connectivity index (χ0n) is 27.1. The van der Waals surface area contributed by atoms with Crippen molar-refractivity contribution in [3.05, 3.63) is 58.3 Å². The first kappa shape index (κ1) is 35.9. The fourth-order valence-corrected chi connectivity index (χ4v) is 5.38. The van der Waals surface area contributed by atoms with Gasteiger partial charge in [-0.1, -0.05) is 0 Å². The van der Waals surface area contributed by atoms with Gasteiger partial charge < -0.3 is 68.6 Å². The molecule has 5 atom stereocenters. The summed E-state index contributed by atoms with van der Waals surface area (Å²) in [5.74, 6) is -2.67. The minimum Gasteiger partial charge on any atom is -0.504 e. The summed E-state index contributed by atoms with van der Waals surface area (Å²) in [6.07, 6.45) is -7.48. The van der Waals surface area contributed by atoms with E-state index in [1.807, 2.05) is 0 Å². The lowest BCUT2D eigenvalue weighted by molar-refractivity contribution is -0.278. The minimum absolute atomic E-state index is 0.0678. The van der Waals surface area contributed by atoms with Crippen LogP contribution in [0.15, 0.2) is 51.7 Å².